The van der Waals surface area contributed by atoms with E-state index in [1.54, 1.807) is 17.7 Å². The van der Waals surface area contributed by atoms with E-state index in [0.29, 0.717) is 0 Å². The molecular weight excluding hydrogens is 284 g/mol. The van der Waals surface area contributed by atoms with Gasteiger partial charge in [0, 0.05) is 25.9 Å². The fourth-order valence-corrected chi connectivity index (χ4v) is 3.75. The van der Waals surface area contributed by atoms with Gasteiger partial charge in [-0.05, 0) is 24.3 Å². The van der Waals surface area contributed by atoms with Gasteiger partial charge in [-0.25, -0.2) is 9.97 Å². The molecule has 0 radical (unpaired) electrons. The molecule has 3 aromatic rings. The Morgan fingerprint density at radius 1 is 1.33 bits per heavy atom. The first kappa shape index (κ1) is 12.7. The molecule has 1 aliphatic rings. The van der Waals surface area contributed by atoms with E-state index in [1.807, 2.05) is 0 Å². The lowest BCUT2D eigenvalue weighted by molar-refractivity contribution is 0.687. The molecule has 0 saturated carbocycles. The average Bonchev–Trinajstić information content (AvgIpc) is 3.17. The number of nitrogens with one attached hydrogen (secondary N) is 1. The van der Waals surface area contributed by atoms with E-state index in [9.17, 15) is 0 Å². The number of anilines is 1. The Labute approximate surface area is 126 Å². The van der Waals surface area contributed by atoms with Gasteiger partial charge in [-0.1, -0.05) is 0 Å². The molecule has 0 unspecified atom stereocenters. The van der Waals surface area contributed by atoms with Crippen molar-refractivity contribution in [2.45, 2.75) is 32.7 Å². The Bertz CT molecular complexity index is 790. The Hall–Kier alpha value is -2.02. The van der Waals surface area contributed by atoms with Crippen LogP contribution in [0, 0.1) is 6.92 Å². The van der Waals surface area contributed by atoms with Crippen LogP contribution in [0.4, 0.5) is 5.82 Å². The van der Waals surface area contributed by atoms with Gasteiger partial charge in [-0.15, -0.1) is 21.5 Å². The van der Waals surface area contributed by atoms with E-state index in [0.717, 1.165) is 53.6 Å². The zero-order chi connectivity index (χ0) is 14.2. The molecule has 0 spiro atoms. The zero-order valence-corrected chi connectivity index (χ0v) is 12.7. The molecule has 0 amide bonds. The summed E-state index contributed by atoms with van der Waals surface area (Å²) >= 11 is 1.69. The third kappa shape index (κ3) is 2.17. The third-order valence-electron chi connectivity index (χ3n) is 3.86. The first-order chi connectivity index (χ1) is 10.3. The van der Waals surface area contributed by atoms with Gasteiger partial charge in [0.25, 0.3) is 0 Å². The smallest absolute Gasteiger partial charge is 0.147 e. The van der Waals surface area contributed by atoms with Crippen molar-refractivity contribution in [3.05, 3.63) is 28.9 Å². The molecule has 0 aromatic carbocycles. The van der Waals surface area contributed by atoms with Crippen LogP contribution in [0.2, 0.25) is 0 Å². The SMILES string of the molecule is Cc1csc2c(NCCc3nnc4n3CCC4)ncnc12. The molecule has 0 bridgehead atoms. The van der Waals surface area contributed by atoms with Crippen molar-refractivity contribution >= 4 is 27.4 Å². The monoisotopic (exact) mass is 300 g/mol. The average molecular weight is 300 g/mol. The van der Waals surface area contributed by atoms with Crippen LogP contribution in [0.15, 0.2) is 11.7 Å². The summed E-state index contributed by atoms with van der Waals surface area (Å²) in [7, 11) is 0. The summed E-state index contributed by atoms with van der Waals surface area (Å²) in [6, 6.07) is 0. The van der Waals surface area contributed by atoms with E-state index >= 15 is 0 Å². The second-order valence-electron chi connectivity index (χ2n) is 5.28. The van der Waals surface area contributed by atoms with Crippen LogP contribution < -0.4 is 5.32 Å². The highest BCUT2D eigenvalue weighted by molar-refractivity contribution is 7.18. The second-order valence-corrected chi connectivity index (χ2v) is 6.16. The molecule has 4 heterocycles. The molecule has 21 heavy (non-hydrogen) atoms. The Balaban J connectivity index is 1.48. The molecule has 1 aliphatic heterocycles. The normalized spacial score (nSPS) is 13.8. The van der Waals surface area contributed by atoms with Crippen LogP contribution in [0.25, 0.3) is 10.2 Å². The van der Waals surface area contributed by atoms with Gasteiger partial charge in [0.2, 0.25) is 0 Å². The van der Waals surface area contributed by atoms with E-state index in [4.69, 9.17) is 0 Å². The molecule has 108 valence electrons. The molecule has 7 heteroatoms. The molecule has 1 N–H and O–H groups in total. The standard InChI is InChI=1S/C14H16N6S/c1-9-7-21-13-12(9)16-8-17-14(13)15-5-4-11-19-18-10-3-2-6-20(10)11/h7-8H,2-6H2,1H3,(H,15,16,17). The molecular formula is C14H16N6S. The van der Waals surface area contributed by atoms with Crippen LogP contribution in [-0.4, -0.2) is 31.3 Å². The summed E-state index contributed by atoms with van der Waals surface area (Å²) in [6.07, 6.45) is 4.73. The Morgan fingerprint density at radius 3 is 3.24 bits per heavy atom. The van der Waals surface area contributed by atoms with Crippen molar-refractivity contribution < 1.29 is 0 Å². The van der Waals surface area contributed by atoms with E-state index in [2.05, 4.69) is 42.4 Å². The first-order valence-electron chi connectivity index (χ1n) is 7.16. The van der Waals surface area contributed by atoms with Crippen LogP contribution >= 0.6 is 11.3 Å². The molecule has 0 saturated heterocycles. The lowest BCUT2D eigenvalue weighted by Gasteiger charge is -2.06. The van der Waals surface area contributed by atoms with E-state index < -0.39 is 0 Å². The maximum atomic E-state index is 4.36. The van der Waals surface area contributed by atoms with Gasteiger partial charge in [-0.3, -0.25) is 0 Å². The summed E-state index contributed by atoms with van der Waals surface area (Å²) < 4.78 is 3.37. The van der Waals surface area contributed by atoms with Crippen molar-refractivity contribution in [3.63, 3.8) is 0 Å². The lowest BCUT2D eigenvalue weighted by Crippen LogP contribution is -2.10. The number of rotatable bonds is 4. The molecule has 4 rings (SSSR count). The molecule has 0 fully saturated rings. The van der Waals surface area contributed by atoms with Crippen LogP contribution in [0.3, 0.4) is 0 Å². The number of hydrogen-bond acceptors (Lipinski definition) is 6. The Morgan fingerprint density at radius 2 is 2.29 bits per heavy atom. The fourth-order valence-electron chi connectivity index (χ4n) is 2.78. The summed E-state index contributed by atoms with van der Waals surface area (Å²) in [5.41, 5.74) is 2.25. The predicted octanol–water partition coefficient (Wildman–Crippen LogP) is 2.19. The van der Waals surface area contributed by atoms with Gasteiger partial charge in [0.05, 0.1) is 10.2 Å². The van der Waals surface area contributed by atoms with Gasteiger partial charge in [-0.2, -0.15) is 0 Å². The third-order valence-corrected chi connectivity index (χ3v) is 4.95. The molecule has 6 nitrogen and oxygen atoms in total. The topological polar surface area (TPSA) is 68.5 Å². The predicted molar refractivity (Wildman–Crippen MR) is 82.7 cm³/mol. The molecule has 3 aromatic heterocycles. The highest BCUT2D eigenvalue weighted by Gasteiger charge is 2.16. The number of aryl methyl sites for hydroxylation is 2. The quantitative estimate of drug-likeness (QED) is 0.800. The summed E-state index contributed by atoms with van der Waals surface area (Å²) in [6.45, 7) is 3.94. The van der Waals surface area contributed by atoms with Crippen molar-refractivity contribution in [2.24, 2.45) is 0 Å². The summed E-state index contributed by atoms with van der Waals surface area (Å²) in [5, 5.41) is 14.0. The minimum absolute atomic E-state index is 0.807. The number of fused-ring (bicyclic) bond motifs is 2. The van der Waals surface area contributed by atoms with Gasteiger partial charge >= 0.3 is 0 Å². The van der Waals surface area contributed by atoms with Gasteiger partial charge in [0.1, 0.15) is 23.8 Å². The number of thiophene rings is 1. The largest absolute Gasteiger partial charge is 0.368 e. The lowest BCUT2D eigenvalue weighted by atomic mass is 10.3. The minimum atomic E-state index is 0.807. The number of hydrogen-bond donors (Lipinski definition) is 1. The van der Waals surface area contributed by atoms with Crippen molar-refractivity contribution in [1.82, 2.24) is 24.7 Å². The molecule has 0 atom stereocenters. The Kier molecular flexibility index (Phi) is 3.07. The van der Waals surface area contributed by atoms with Gasteiger partial charge < -0.3 is 9.88 Å². The van der Waals surface area contributed by atoms with Crippen LogP contribution in [0.1, 0.15) is 23.6 Å². The first-order valence-corrected chi connectivity index (χ1v) is 8.04. The maximum absolute atomic E-state index is 4.36. The van der Waals surface area contributed by atoms with E-state index in [1.165, 1.54) is 12.0 Å². The highest BCUT2D eigenvalue weighted by atomic mass is 32.1. The zero-order valence-electron chi connectivity index (χ0n) is 11.8. The van der Waals surface area contributed by atoms with Crippen molar-refractivity contribution in [3.8, 4) is 0 Å². The second kappa shape index (κ2) is 5.07. The fraction of sp³-hybridized carbons (Fsp3) is 0.429. The van der Waals surface area contributed by atoms with Gasteiger partial charge in [0.15, 0.2) is 0 Å². The summed E-state index contributed by atoms with van der Waals surface area (Å²) in [5.74, 6) is 3.12. The van der Waals surface area contributed by atoms with Crippen LogP contribution in [-0.2, 0) is 19.4 Å². The van der Waals surface area contributed by atoms with Crippen molar-refractivity contribution in [1.29, 1.82) is 0 Å². The molecule has 0 aliphatic carbocycles. The minimum Gasteiger partial charge on any atom is -0.368 e. The van der Waals surface area contributed by atoms with Crippen LogP contribution in [0.5, 0.6) is 0 Å². The van der Waals surface area contributed by atoms with Crippen molar-refractivity contribution in [2.75, 3.05) is 11.9 Å². The maximum Gasteiger partial charge on any atom is 0.147 e. The summed E-state index contributed by atoms with van der Waals surface area (Å²) in [4.78, 5) is 8.70. The highest BCUT2D eigenvalue weighted by Crippen LogP contribution is 2.28. The number of aromatic nitrogens is 5. The van der Waals surface area contributed by atoms with E-state index in [-0.39, 0.29) is 0 Å². The number of nitrogens with zero attached hydrogens (tertiary/aromatic N) is 5.